The second-order valence-corrected chi connectivity index (χ2v) is 7.27. The molecule has 0 aliphatic carbocycles. The second-order valence-electron chi connectivity index (χ2n) is 6.89. The molecule has 2 nitrogen and oxygen atoms in total. The fourth-order valence-corrected chi connectivity index (χ4v) is 3.23. The van der Waals surface area contributed by atoms with Crippen LogP contribution >= 0.6 is 11.6 Å². The van der Waals surface area contributed by atoms with E-state index in [0.717, 1.165) is 53.2 Å². The Balaban J connectivity index is 1.97. The molecule has 0 heterocycles. The number of benzene rings is 2. The zero-order valence-corrected chi connectivity index (χ0v) is 16.6. The Morgan fingerprint density at radius 1 is 0.920 bits per heavy atom. The number of ether oxygens (including phenoxy) is 2. The third-order valence-electron chi connectivity index (χ3n) is 4.28. The lowest BCUT2D eigenvalue weighted by atomic mass is 10.0. The molecule has 0 atom stereocenters. The molecular formula is C22H31ClO2. The first kappa shape index (κ1) is 19.9. The van der Waals surface area contributed by atoms with Crippen molar-refractivity contribution in [3.63, 3.8) is 0 Å². The van der Waals surface area contributed by atoms with Gasteiger partial charge in [-0.25, -0.2) is 0 Å². The first-order valence-corrected chi connectivity index (χ1v) is 10.0. The monoisotopic (exact) mass is 362 g/mol. The maximum absolute atomic E-state index is 6.11. The maximum atomic E-state index is 6.11. The smallest absolute Gasteiger partial charge is 0.130 e. The van der Waals surface area contributed by atoms with Crippen molar-refractivity contribution < 1.29 is 9.47 Å². The molecule has 0 aromatic heterocycles. The lowest BCUT2D eigenvalue weighted by Gasteiger charge is -2.18. The minimum absolute atomic E-state index is 0.160. The van der Waals surface area contributed by atoms with Gasteiger partial charge in [0.05, 0.1) is 12.7 Å². The van der Waals surface area contributed by atoms with Crippen molar-refractivity contribution in [2.45, 2.75) is 65.4 Å². The van der Waals surface area contributed by atoms with Gasteiger partial charge < -0.3 is 9.47 Å². The molecule has 0 saturated heterocycles. The molecule has 25 heavy (non-hydrogen) atoms. The van der Waals surface area contributed by atoms with Crippen LogP contribution in [0.5, 0.6) is 11.5 Å². The molecule has 0 fully saturated rings. The molecule has 0 radical (unpaired) electrons. The summed E-state index contributed by atoms with van der Waals surface area (Å²) in [5.41, 5.74) is 1.13. The minimum atomic E-state index is 0.160. The van der Waals surface area contributed by atoms with Crippen LogP contribution in [-0.2, 0) is 0 Å². The van der Waals surface area contributed by atoms with E-state index >= 15 is 0 Å². The zero-order valence-electron chi connectivity index (χ0n) is 15.8. The van der Waals surface area contributed by atoms with Gasteiger partial charge in [0.2, 0.25) is 0 Å². The minimum Gasteiger partial charge on any atom is -0.493 e. The maximum Gasteiger partial charge on any atom is 0.130 e. The molecule has 0 unspecified atom stereocenters. The normalized spacial score (nSPS) is 11.2. The van der Waals surface area contributed by atoms with E-state index in [1.807, 2.05) is 0 Å². The van der Waals surface area contributed by atoms with Crippen molar-refractivity contribution in [3.8, 4) is 11.5 Å². The number of halogens is 1. The van der Waals surface area contributed by atoms with Gasteiger partial charge in [0.1, 0.15) is 11.5 Å². The van der Waals surface area contributed by atoms with E-state index in [1.165, 1.54) is 25.7 Å². The first-order chi connectivity index (χ1) is 12.1. The molecule has 0 amide bonds. The zero-order chi connectivity index (χ0) is 18.1. The van der Waals surface area contributed by atoms with Crippen LogP contribution in [-0.4, -0.2) is 18.6 Å². The van der Waals surface area contributed by atoms with Gasteiger partial charge in [-0.1, -0.05) is 49.9 Å². The molecule has 2 aromatic rings. The summed E-state index contributed by atoms with van der Waals surface area (Å²) in [5, 5.41) is 2.26. The molecule has 0 aliphatic rings. The van der Waals surface area contributed by atoms with E-state index in [4.69, 9.17) is 21.1 Å². The van der Waals surface area contributed by atoms with Gasteiger partial charge in [-0.05, 0) is 45.2 Å². The van der Waals surface area contributed by atoms with Crippen LogP contribution in [0.1, 0.15) is 57.9 Å². The molecule has 0 saturated carbocycles. The van der Waals surface area contributed by atoms with Gasteiger partial charge in [-0.3, -0.25) is 0 Å². The van der Waals surface area contributed by atoms with Crippen LogP contribution in [0.3, 0.4) is 0 Å². The Kier molecular flexibility index (Phi) is 8.40. The lowest BCUT2D eigenvalue weighted by Crippen LogP contribution is -2.07. The number of hydrogen-bond acceptors (Lipinski definition) is 2. The fraction of sp³-hybridized carbons (Fsp3) is 0.545. The molecular weight excluding hydrogens is 332 g/mol. The van der Waals surface area contributed by atoms with Gasteiger partial charge in [-0.15, -0.1) is 11.6 Å². The number of hydrogen-bond donors (Lipinski definition) is 0. The van der Waals surface area contributed by atoms with E-state index in [0.29, 0.717) is 0 Å². The molecule has 2 rings (SSSR count). The standard InChI is InChI=1S/C22H31ClO2/c1-17(2)25-22-18(3)16-21(19-12-8-9-13-20(19)22)24-15-11-7-5-4-6-10-14-23/h8-9,12-13,16-17H,4-7,10-11,14-15H2,1-3H3. The summed E-state index contributed by atoms with van der Waals surface area (Å²) < 4.78 is 12.1. The summed E-state index contributed by atoms with van der Waals surface area (Å²) >= 11 is 5.70. The number of unbranched alkanes of at least 4 members (excludes halogenated alkanes) is 5. The lowest BCUT2D eigenvalue weighted by molar-refractivity contribution is 0.243. The van der Waals surface area contributed by atoms with E-state index < -0.39 is 0 Å². The van der Waals surface area contributed by atoms with Crippen LogP contribution in [0.2, 0.25) is 0 Å². The Hall–Kier alpha value is -1.41. The summed E-state index contributed by atoms with van der Waals surface area (Å²) in [6, 6.07) is 10.5. The first-order valence-electron chi connectivity index (χ1n) is 9.51. The summed E-state index contributed by atoms with van der Waals surface area (Å²) in [4.78, 5) is 0. The molecule has 0 aliphatic heterocycles. The fourth-order valence-electron chi connectivity index (χ4n) is 3.05. The van der Waals surface area contributed by atoms with Gasteiger partial charge in [0, 0.05) is 16.7 Å². The van der Waals surface area contributed by atoms with Crippen LogP contribution in [0.4, 0.5) is 0 Å². The van der Waals surface area contributed by atoms with Crippen LogP contribution in [0.25, 0.3) is 10.8 Å². The average Bonchev–Trinajstić information content (AvgIpc) is 2.60. The van der Waals surface area contributed by atoms with E-state index in [-0.39, 0.29) is 6.10 Å². The molecule has 3 heteroatoms. The third-order valence-corrected chi connectivity index (χ3v) is 4.55. The van der Waals surface area contributed by atoms with E-state index in [9.17, 15) is 0 Å². The van der Waals surface area contributed by atoms with Crippen LogP contribution < -0.4 is 9.47 Å². The molecule has 2 aromatic carbocycles. The average molecular weight is 363 g/mol. The SMILES string of the molecule is Cc1cc(OCCCCCCCCCl)c2ccccc2c1OC(C)C. The number of alkyl halides is 1. The summed E-state index contributed by atoms with van der Waals surface area (Å²) in [6.07, 6.45) is 7.39. The highest BCUT2D eigenvalue weighted by Crippen LogP contribution is 2.37. The van der Waals surface area contributed by atoms with Gasteiger partial charge in [0.25, 0.3) is 0 Å². The van der Waals surface area contributed by atoms with Crippen molar-refractivity contribution in [2.75, 3.05) is 12.5 Å². The topological polar surface area (TPSA) is 18.5 Å². The number of aryl methyl sites for hydroxylation is 1. The Labute approximate surface area is 157 Å². The summed E-state index contributed by atoms with van der Waals surface area (Å²) in [6.45, 7) is 6.98. The van der Waals surface area contributed by atoms with Crippen molar-refractivity contribution in [2.24, 2.45) is 0 Å². The second kappa shape index (κ2) is 10.6. The van der Waals surface area contributed by atoms with Crippen molar-refractivity contribution in [1.82, 2.24) is 0 Å². The molecule has 0 N–H and O–H groups in total. The predicted molar refractivity (Wildman–Crippen MR) is 108 cm³/mol. The van der Waals surface area contributed by atoms with Crippen molar-refractivity contribution in [1.29, 1.82) is 0 Å². The number of rotatable bonds is 11. The Morgan fingerprint density at radius 2 is 1.56 bits per heavy atom. The highest BCUT2D eigenvalue weighted by molar-refractivity contribution is 6.17. The quantitative estimate of drug-likeness (QED) is 0.320. The summed E-state index contributed by atoms with van der Waals surface area (Å²) in [5.74, 6) is 2.72. The van der Waals surface area contributed by atoms with Crippen molar-refractivity contribution in [3.05, 3.63) is 35.9 Å². The largest absolute Gasteiger partial charge is 0.493 e. The van der Waals surface area contributed by atoms with Gasteiger partial charge in [-0.2, -0.15) is 0 Å². The van der Waals surface area contributed by atoms with Gasteiger partial charge in [0.15, 0.2) is 0 Å². The summed E-state index contributed by atoms with van der Waals surface area (Å²) in [7, 11) is 0. The van der Waals surface area contributed by atoms with E-state index in [1.54, 1.807) is 0 Å². The number of fused-ring (bicyclic) bond motifs is 1. The molecule has 138 valence electrons. The van der Waals surface area contributed by atoms with Crippen LogP contribution in [0.15, 0.2) is 30.3 Å². The van der Waals surface area contributed by atoms with Gasteiger partial charge >= 0.3 is 0 Å². The molecule has 0 bridgehead atoms. The Morgan fingerprint density at radius 3 is 2.24 bits per heavy atom. The third kappa shape index (κ3) is 6.11. The molecule has 0 spiro atoms. The van der Waals surface area contributed by atoms with E-state index in [2.05, 4.69) is 51.1 Å². The van der Waals surface area contributed by atoms with Crippen LogP contribution in [0, 0.1) is 6.92 Å². The van der Waals surface area contributed by atoms with Crippen molar-refractivity contribution >= 4 is 22.4 Å². The predicted octanol–water partition coefficient (Wildman–Crippen LogP) is 6.89. The highest BCUT2D eigenvalue weighted by Gasteiger charge is 2.12. The highest BCUT2D eigenvalue weighted by atomic mass is 35.5. The Bertz CT molecular complexity index is 652.